The van der Waals surface area contributed by atoms with Crippen molar-refractivity contribution in [3.63, 3.8) is 0 Å². The Morgan fingerprint density at radius 3 is 2.79 bits per heavy atom. The molecule has 2 heterocycles. The monoisotopic (exact) mass is 226 g/mol. The Balaban J connectivity index is 2.38. The van der Waals surface area contributed by atoms with Crippen LogP contribution in [0.25, 0.3) is 10.6 Å². The molecule has 0 atom stereocenters. The van der Waals surface area contributed by atoms with E-state index in [9.17, 15) is 4.79 Å². The van der Waals surface area contributed by atoms with Gasteiger partial charge in [-0.2, -0.15) is 0 Å². The van der Waals surface area contributed by atoms with Gasteiger partial charge in [-0.3, -0.25) is 0 Å². The Morgan fingerprint density at radius 2 is 2.29 bits per heavy atom. The smallest absolute Gasteiger partial charge is 0.345 e. The van der Waals surface area contributed by atoms with E-state index < -0.39 is 5.97 Å². The molecule has 0 bridgehead atoms. The summed E-state index contributed by atoms with van der Waals surface area (Å²) in [7, 11) is 0. The Labute approximate surface area is 87.6 Å². The van der Waals surface area contributed by atoms with Crippen LogP contribution in [-0.4, -0.2) is 16.1 Å². The summed E-state index contributed by atoms with van der Waals surface area (Å²) in [6.07, 6.45) is 0. The van der Waals surface area contributed by atoms with Crippen LogP contribution in [0.3, 0.4) is 0 Å². The van der Waals surface area contributed by atoms with Gasteiger partial charge in [0.2, 0.25) is 0 Å². The van der Waals surface area contributed by atoms with Crippen molar-refractivity contribution in [3.05, 3.63) is 22.4 Å². The van der Waals surface area contributed by atoms with E-state index in [1.54, 1.807) is 12.1 Å². The Hall–Kier alpha value is -1.40. The fourth-order valence-electron chi connectivity index (χ4n) is 0.991. The van der Waals surface area contributed by atoms with Crippen LogP contribution in [0.4, 0.5) is 5.13 Å². The van der Waals surface area contributed by atoms with Gasteiger partial charge in [-0.25, -0.2) is 9.78 Å². The molecule has 0 fully saturated rings. The van der Waals surface area contributed by atoms with Gasteiger partial charge >= 0.3 is 5.97 Å². The first kappa shape index (κ1) is 9.17. The van der Waals surface area contributed by atoms with Crippen LogP contribution < -0.4 is 5.73 Å². The van der Waals surface area contributed by atoms with Gasteiger partial charge in [-0.15, -0.1) is 22.7 Å². The van der Waals surface area contributed by atoms with E-state index >= 15 is 0 Å². The lowest BCUT2D eigenvalue weighted by Crippen LogP contribution is -1.89. The van der Waals surface area contributed by atoms with Gasteiger partial charge in [-0.05, 0) is 12.1 Å². The third-order valence-electron chi connectivity index (χ3n) is 1.59. The Bertz CT molecular complexity index is 475. The molecule has 2 aromatic heterocycles. The highest BCUT2D eigenvalue weighted by atomic mass is 32.1. The predicted octanol–water partition coefficient (Wildman–Crippen LogP) is 2.15. The first-order valence-corrected chi connectivity index (χ1v) is 5.41. The van der Waals surface area contributed by atoms with Gasteiger partial charge in [0.1, 0.15) is 4.88 Å². The first-order valence-electron chi connectivity index (χ1n) is 3.71. The molecule has 0 aromatic carbocycles. The maximum absolute atomic E-state index is 10.6. The second-order valence-corrected chi connectivity index (χ2v) is 4.51. The molecule has 3 N–H and O–H groups in total. The zero-order valence-corrected chi connectivity index (χ0v) is 8.56. The number of nitrogen functional groups attached to an aromatic ring is 1. The number of thiophene rings is 1. The predicted molar refractivity (Wildman–Crippen MR) is 56.8 cm³/mol. The van der Waals surface area contributed by atoms with Crippen molar-refractivity contribution < 1.29 is 9.90 Å². The quantitative estimate of drug-likeness (QED) is 0.822. The average molecular weight is 226 g/mol. The maximum Gasteiger partial charge on any atom is 0.345 e. The first-order chi connectivity index (χ1) is 6.66. The van der Waals surface area contributed by atoms with E-state index in [-0.39, 0.29) is 0 Å². The molecule has 0 spiro atoms. The summed E-state index contributed by atoms with van der Waals surface area (Å²) in [6.45, 7) is 0. The number of carboxylic acids is 1. The van der Waals surface area contributed by atoms with Crippen molar-refractivity contribution >= 4 is 33.8 Å². The van der Waals surface area contributed by atoms with Crippen molar-refractivity contribution in [1.29, 1.82) is 0 Å². The van der Waals surface area contributed by atoms with E-state index in [1.165, 1.54) is 22.7 Å². The highest BCUT2D eigenvalue weighted by molar-refractivity contribution is 7.18. The van der Waals surface area contributed by atoms with Crippen LogP contribution in [0.5, 0.6) is 0 Å². The number of nitrogens with two attached hydrogens (primary N) is 1. The number of hydrogen-bond acceptors (Lipinski definition) is 5. The van der Waals surface area contributed by atoms with Gasteiger partial charge in [0.15, 0.2) is 5.13 Å². The molecule has 2 rings (SSSR count). The largest absolute Gasteiger partial charge is 0.477 e. The number of aromatic carboxylic acids is 1. The molecule has 0 aliphatic heterocycles. The third-order valence-corrected chi connectivity index (χ3v) is 3.36. The summed E-state index contributed by atoms with van der Waals surface area (Å²) in [6, 6.07) is 3.31. The summed E-state index contributed by atoms with van der Waals surface area (Å²) in [5, 5.41) is 11.0. The molecule has 0 saturated heterocycles. The topological polar surface area (TPSA) is 76.2 Å². The van der Waals surface area contributed by atoms with Crippen LogP contribution in [0.15, 0.2) is 17.5 Å². The number of rotatable bonds is 2. The molecular weight excluding hydrogens is 220 g/mol. The van der Waals surface area contributed by atoms with Crippen molar-refractivity contribution in [2.45, 2.75) is 0 Å². The van der Waals surface area contributed by atoms with Gasteiger partial charge < -0.3 is 10.8 Å². The molecule has 4 nitrogen and oxygen atoms in total. The summed E-state index contributed by atoms with van der Waals surface area (Å²) >= 11 is 2.54. The molecule has 72 valence electrons. The van der Waals surface area contributed by atoms with E-state index in [2.05, 4.69) is 4.98 Å². The molecule has 0 radical (unpaired) electrons. The third kappa shape index (κ3) is 1.61. The number of hydrogen-bond donors (Lipinski definition) is 2. The normalized spacial score (nSPS) is 10.3. The summed E-state index contributed by atoms with van der Waals surface area (Å²) in [5.41, 5.74) is 6.22. The molecule has 0 aliphatic carbocycles. The Morgan fingerprint density at radius 1 is 1.50 bits per heavy atom. The SMILES string of the molecule is Nc1nc(-c2ccc(C(=O)O)s2)cs1. The lowest BCUT2D eigenvalue weighted by molar-refractivity contribution is 0.0702. The van der Waals surface area contributed by atoms with Crippen molar-refractivity contribution in [3.8, 4) is 10.6 Å². The van der Waals surface area contributed by atoms with Crippen molar-refractivity contribution in [1.82, 2.24) is 4.98 Å². The molecule has 0 unspecified atom stereocenters. The molecule has 6 heteroatoms. The minimum absolute atomic E-state index is 0.312. The zero-order valence-electron chi connectivity index (χ0n) is 6.93. The number of thiazole rings is 1. The number of anilines is 1. The van der Waals surface area contributed by atoms with E-state index in [0.717, 1.165) is 10.6 Å². The molecule has 2 aromatic rings. The fourth-order valence-corrected chi connectivity index (χ4v) is 2.43. The molecule has 0 aliphatic rings. The molecule has 14 heavy (non-hydrogen) atoms. The summed E-state index contributed by atoms with van der Waals surface area (Å²) in [5.74, 6) is -0.913. The van der Waals surface area contributed by atoms with Crippen LogP contribution in [-0.2, 0) is 0 Å². The minimum Gasteiger partial charge on any atom is -0.477 e. The number of aromatic nitrogens is 1. The highest BCUT2D eigenvalue weighted by Gasteiger charge is 2.09. The number of carboxylic acid groups (broad SMARTS) is 1. The van der Waals surface area contributed by atoms with Gasteiger partial charge in [-0.1, -0.05) is 0 Å². The van der Waals surface area contributed by atoms with Gasteiger partial charge in [0.05, 0.1) is 10.6 Å². The van der Waals surface area contributed by atoms with Crippen molar-refractivity contribution in [2.75, 3.05) is 5.73 Å². The minimum atomic E-state index is -0.913. The number of nitrogens with zero attached hydrogens (tertiary/aromatic N) is 1. The van der Waals surface area contributed by atoms with Crippen LogP contribution in [0.1, 0.15) is 9.67 Å². The standard InChI is InChI=1S/C8H6N2O2S2/c9-8-10-4(3-13-8)5-1-2-6(14-5)7(11)12/h1-3H,(H2,9,10)(H,11,12). The van der Waals surface area contributed by atoms with Crippen LogP contribution in [0, 0.1) is 0 Å². The highest BCUT2D eigenvalue weighted by Crippen LogP contribution is 2.29. The summed E-state index contributed by atoms with van der Waals surface area (Å²) in [4.78, 5) is 15.8. The van der Waals surface area contributed by atoms with Gasteiger partial charge in [0, 0.05) is 5.38 Å². The fraction of sp³-hybridized carbons (Fsp3) is 0. The maximum atomic E-state index is 10.6. The second kappa shape index (κ2) is 3.39. The molecule has 0 amide bonds. The number of carbonyl (C=O) groups is 1. The molecular formula is C8H6N2O2S2. The van der Waals surface area contributed by atoms with E-state index in [1.807, 2.05) is 5.38 Å². The van der Waals surface area contributed by atoms with E-state index in [4.69, 9.17) is 10.8 Å². The van der Waals surface area contributed by atoms with E-state index in [0.29, 0.717) is 10.0 Å². The Kier molecular flexibility index (Phi) is 2.22. The lowest BCUT2D eigenvalue weighted by atomic mass is 10.4. The van der Waals surface area contributed by atoms with Crippen LogP contribution in [0.2, 0.25) is 0 Å². The zero-order chi connectivity index (χ0) is 10.1. The molecule has 0 saturated carbocycles. The van der Waals surface area contributed by atoms with Gasteiger partial charge in [0.25, 0.3) is 0 Å². The van der Waals surface area contributed by atoms with Crippen LogP contribution >= 0.6 is 22.7 Å². The second-order valence-electron chi connectivity index (χ2n) is 2.54. The lowest BCUT2D eigenvalue weighted by Gasteiger charge is -1.86. The summed E-state index contributed by atoms with van der Waals surface area (Å²) < 4.78 is 0. The average Bonchev–Trinajstić information content (AvgIpc) is 2.70. The van der Waals surface area contributed by atoms with Crippen molar-refractivity contribution in [2.24, 2.45) is 0 Å².